The molecule has 1 aromatic rings. The lowest BCUT2D eigenvalue weighted by Crippen LogP contribution is -2.04. The maximum atomic E-state index is 11.5. The highest BCUT2D eigenvalue weighted by Gasteiger charge is 2.12. The molecule has 0 unspecified atom stereocenters. The molecule has 0 radical (unpaired) electrons. The predicted octanol–water partition coefficient (Wildman–Crippen LogP) is 1.91. The Morgan fingerprint density at radius 1 is 1.28 bits per heavy atom. The van der Waals surface area contributed by atoms with Crippen molar-refractivity contribution in [2.45, 2.75) is 0 Å². The van der Waals surface area contributed by atoms with E-state index < -0.39 is 5.97 Å². The average Bonchev–Trinajstić information content (AvgIpc) is 2.43. The number of methoxy groups -OCH3 is 2. The van der Waals surface area contributed by atoms with Crippen LogP contribution in [0.3, 0.4) is 0 Å². The highest BCUT2D eigenvalue weighted by molar-refractivity contribution is 5.93. The van der Waals surface area contributed by atoms with E-state index in [-0.39, 0.29) is 11.1 Å². The quantitative estimate of drug-likeness (QED) is 0.597. The van der Waals surface area contributed by atoms with Gasteiger partial charge in [-0.1, -0.05) is 6.07 Å². The number of allylic oxidation sites excluding steroid dienone is 1. The SMILES string of the molecule is COC(=O)c1cc(C=C(C#N)C#N)ccc1OC. The molecule has 0 aliphatic heterocycles. The first kappa shape index (κ1) is 13.3. The van der Waals surface area contributed by atoms with Crippen molar-refractivity contribution in [1.29, 1.82) is 10.5 Å². The van der Waals surface area contributed by atoms with Crippen molar-refractivity contribution in [3.63, 3.8) is 0 Å². The lowest BCUT2D eigenvalue weighted by atomic mass is 10.1. The van der Waals surface area contributed by atoms with Crippen molar-refractivity contribution >= 4 is 12.0 Å². The number of esters is 1. The van der Waals surface area contributed by atoms with E-state index >= 15 is 0 Å². The standard InChI is InChI=1S/C13H10N2O3/c1-17-12-4-3-9(5-10(7-14)8-15)6-11(12)13(16)18-2/h3-6H,1-2H3. The first-order chi connectivity index (χ1) is 8.65. The average molecular weight is 242 g/mol. The van der Waals surface area contributed by atoms with Gasteiger partial charge in [-0.05, 0) is 23.8 Å². The maximum Gasteiger partial charge on any atom is 0.341 e. The summed E-state index contributed by atoms with van der Waals surface area (Å²) < 4.78 is 9.65. The van der Waals surface area contributed by atoms with Gasteiger partial charge < -0.3 is 9.47 Å². The van der Waals surface area contributed by atoms with E-state index in [1.807, 2.05) is 0 Å². The smallest absolute Gasteiger partial charge is 0.341 e. The second kappa shape index (κ2) is 6.07. The van der Waals surface area contributed by atoms with Gasteiger partial charge >= 0.3 is 5.97 Å². The minimum atomic E-state index is -0.544. The van der Waals surface area contributed by atoms with E-state index in [2.05, 4.69) is 4.74 Å². The molecule has 0 bridgehead atoms. The molecule has 5 nitrogen and oxygen atoms in total. The van der Waals surface area contributed by atoms with Gasteiger partial charge in [-0.15, -0.1) is 0 Å². The zero-order valence-corrected chi connectivity index (χ0v) is 9.93. The van der Waals surface area contributed by atoms with Gasteiger partial charge in [-0.3, -0.25) is 0 Å². The molecule has 0 aromatic heterocycles. The third-order valence-electron chi connectivity index (χ3n) is 2.18. The van der Waals surface area contributed by atoms with Crippen LogP contribution in [-0.4, -0.2) is 20.2 Å². The van der Waals surface area contributed by atoms with Crippen LogP contribution in [0.15, 0.2) is 23.8 Å². The summed E-state index contributed by atoms with van der Waals surface area (Å²) in [6, 6.07) is 8.20. The molecule has 0 spiro atoms. The summed E-state index contributed by atoms with van der Waals surface area (Å²) in [6.45, 7) is 0. The summed E-state index contributed by atoms with van der Waals surface area (Å²) in [7, 11) is 2.70. The Labute approximate surface area is 104 Å². The normalized spacial score (nSPS) is 8.67. The highest BCUT2D eigenvalue weighted by atomic mass is 16.5. The van der Waals surface area contributed by atoms with Crippen LogP contribution in [0.25, 0.3) is 6.08 Å². The third kappa shape index (κ3) is 2.87. The topological polar surface area (TPSA) is 83.1 Å². The molecule has 0 saturated carbocycles. The fraction of sp³-hybridized carbons (Fsp3) is 0.154. The van der Waals surface area contributed by atoms with Crippen molar-refractivity contribution < 1.29 is 14.3 Å². The van der Waals surface area contributed by atoms with E-state index in [4.69, 9.17) is 15.3 Å². The van der Waals surface area contributed by atoms with Gasteiger partial charge in [0.15, 0.2) is 0 Å². The Kier molecular flexibility index (Phi) is 4.48. The molecular weight excluding hydrogens is 232 g/mol. The molecule has 0 atom stereocenters. The number of hydrogen-bond acceptors (Lipinski definition) is 5. The van der Waals surface area contributed by atoms with Crippen LogP contribution in [-0.2, 0) is 4.74 Å². The van der Waals surface area contributed by atoms with Gasteiger partial charge in [0.1, 0.15) is 29.0 Å². The molecule has 0 saturated heterocycles. The number of ether oxygens (including phenoxy) is 2. The lowest BCUT2D eigenvalue weighted by molar-refractivity contribution is 0.0597. The summed E-state index contributed by atoms with van der Waals surface area (Å²) in [6.07, 6.45) is 1.38. The first-order valence-corrected chi connectivity index (χ1v) is 4.94. The fourth-order valence-electron chi connectivity index (χ4n) is 1.34. The highest BCUT2D eigenvalue weighted by Crippen LogP contribution is 2.22. The number of carbonyl (C=O) groups excluding carboxylic acids is 1. The van der Waals surface area contributed by atoms with Gasteiger partial charge in [0, 0.05) is 0 Å². The molecule has 0 amide bonds. The van der Waals surface area contributed by atoms with Crippen LogP contribution in [0, 0.1) is 22.7 Å². The monoisotopic (exact) mass is 242 g/mol. The van der Waals surface area contributed by atoms with Gasteiger partial charge in [0.2, 0.25) is 0 Å². The number of rotatable bonds is 3. The van der Waals surface area contributed by atoms with Crippen molar-refractivity contribution in [2.24, 2.45) is 0 Å². The molecule has 0 heterocycles. The second-order valence-corrected chi connectivity index (χ2v) is 3.23. The van der Waals surface area contributed by atoms with Crippen LogP contribution in [0.5, 0.6) is 5.75 Å². The summed E-state index contributed by atoms with van der Waals surface area (Å²) in [5, 5.41) is 17.3. The number of carbonyl (C=O) groups is 1. The maximum absolute atomic E-state index is 11.5. The van der Waals surface area contributed by atoms with Crippen LogP contribution >= 0.6 is 0 Å². The predicted molar refractivity (Wildman–Crippen MR) is 63.5 cm³/mol. The van der Waals surface area contributed by atoms with E-state index in [9.17, 15) is 4.79 Å². The van der Waals surface area contributed by atoms with E-state index in [1.165, 1.54) is 26.4 Å². The Bertz CT molecular complexity index is 561. The van der Waals surface area contributed by atoms with Crippen LogP contribution in [0.4, 0.5) is 0 Å². The van der Waals surface area contributed by atoms with E-state index in [0.29, 0.717) is 11.3 Å². The molecule has 90 valence electrons. The van der Waals surface area contributed by atoms with Gasteiger partial charge in [-0.2, -0.15) is 10.5 Å². The zero-order chi connectivity index (χ0) is 13.5. The van der Waals surface area contributed by atoms with Gasteiger partial charge in [0.25, 0.3) is 0 Å². The Morgan fingerprint density at radius 2 is 1.94 bits per heavy atom. The second-order valence-electron chi connectivity index (χ2n) is 3.23. The third-order valence-corrected chi connectivity index (χ3v) is 2.18. The van der Waals surface area contributed by atoms with E-state index in [1.54, 1.807) is 24.3 Å². The van der Waals surface area contributed by atoms with Gasteiger partial charge in [-0.25, -0.2) is 4.79 Å². The summed E-state index contributed by atoms with van der Waals surface area (Å²) in [4.78, 5) is 11.5. The number of hydrogen-bond donors (Lipinski definition) is 0. The van der Waals surface area contributed by atoms with Crippen molar-refractivity contribution in [1.82, 2.24) is 0 Å². The van der Waals surface area contributed by atoms with Crippen molar-refractivity contribution in [3.05, 3.63) is 34.9 Å². The first-order valence-electron chi connectivity index (χ1n) is 4.94. The molecule has 1 rings (SSSR count). The number of benzene rings is 1. The largest absolute Gasteiger partial charge is 0.496 e. The Balaban J connectivity index is 3.28. The molecule has 5 heteroatoms. The van der Waals surface area contributed by atoms with Crippen LogP contribution in [0.2, 0.25) is 0 Å². The number of nitrogens with zero attached hydrogens (tertiary/aromatic N) is 2. The fourth-order valence-corrected chi connectivity index (χ4v) is 1.34. The van der Waals surface area contributed by atoms with Crippen LogP contribution in [0.1, 0.15) is 15.9 Å². The van der Waals surface area contributed by atoms with E-state index in [0.717, 1.165) is 0 Å². The molecular formula is C13H10N2O3. The molecule has 18 heavy (non-hydrogen) atoms. The molecule has 1 aromatic carbocycles. The van der Waals surface area contributed by atoms with Crippen LogP contribution < -0.4 is 4.74 Å². The minimum Gasteiger partial charge on any atom is -0.496 e. The van der Waals surface area contributed by atoms with Crippen molar-refractivity contribution in [2.75, 3.05) is 14.2 Å². The van der Waals surface area contributed by atoms with Crippen molar-refractivity contribution in [3.8, 4) is 17.9 Å². The molecule has 0 fully saturated rings. The zero-order valence-electron chi connectivity index (χ0n) is 9.93. The minimum absolute atomic E-state index is 0.0454. The van der Waals surface area contributed by atoms with Gasteiger partial charge in [0.05, 0.1) is 14.2 Å². The summed E-state index contributed by atoms with van der Waals surface area (Å²) in [5.41, 5.74) is 0.745. The molecule has 0 N–H and O–H groups in total. The summed E-state index contributed by atoms with van der Waals surface area (Å²) in [5.74, 6) is -0.174. The Morgan fingerprint density at radius 3 is 2.44 bits per heavy atom. The lowest BCUT2D eigenvalue weighted by Gasteiger charge is -2.07. The molecule has 0 aliphatic rings. The summed E-state index contributed by atoms with van der Waals surface area (Å²) >= 11 is 0. The Hall–Kier alpha value is -2.79. The molecule has 0 aliphatic carbocycles. The number of nitriles is 2.